The summed E-state index contributed by atoms with van der Waals surface area (Å²) >= 11 is 7.59. The molecule has 0 amide bonds. The van der Waals surface area contributed by atoms with E-state index in [0.717, 1.165) is 5.02 Å². The van der Waals surface area contributed by atoms with Gasteiger partial charge in [-0.3, -0.25) is 0 Å². The summed E-state index contributed by atoms with van der Waals surface area (Å²) in [6.45, 7) is 2.19. The summed E-state index contributed by atoms with van der Waals surface area (Å²) in [5, 5.41) is 1.37. The van der Waals surface area contributed by atoms with E-state index in [9.17, 15) is 0 Å². The first-order valence-electron chi connectivity index (χ1n) is 3.52. The molecule has 0 bridgehead atoms. The maximum Gasteiger partial charge on any atom is 0.0406 e. The third-order valence-electron chi connectivity index (χ3n) is 1.69. The number of halogens is 1. The summed E-state index contributed by atoms with van der Waals surface area (Å²) in [6.07, 6.45) is 2.11. The predicted molar refractivity (Wildman–Crippen MR) is 53.4 cm³/mol. The molecule has 1 aromatic carbocycles. The minimum Gasteiger partial charge on any atom is -0.158 e. The number of rotatable bonds is 2. The van der Waals surface area contributed by atoms with Crippen LogP contribution in [0, 0.1) is 0 Å². The lowest BCUT2D eigenvalue weighted by atomic mass is 10.2. The van der Waals surface area contributed by atoms with Crippen molar-refractivity contribution in [3.8, 4) is 0 Å². The molecule has 0 fully saturated rings. The zero-order valence-corrected chi connectivity index (χ0v) is 8.25. The molecule has 0 aliphatic heterocycles. The summed E-state index contributed by atoms with van der Waals surface area (Å²) in [6, 6.07) is 8.01. The van der Waals surface area contributed by atoms with E-state index in [-0.39, 0.29) is 0 Å². The van der Waals surface area contributed by atoms with Crippen molar-refractivity contribution in [2.24, 2.45) is 0 Å². The number of thioether (sulfide) groups is 1. The lowest BCUT2D eigenvalue weighted by Crippen LogP contribution is -1.85. The Bertz CT molecular complexity index is 218. The van der Waals surface area contributed by atoms with Gasteiger partial charge in [-0.2, -0.15) is 11.8 Å². The van der Waals surface area contributed by atoms with Crippen LogP contribution in [0.1, 0.15) is 17.7 Å². The van der Waals surface area contributed by atoms with E-state index < -0.39 is 0 Å². The van der Waals surface area contributed by atoms with Crippen molar-refractivity contribution in [3.05, 3.63) is 34.9 Å². The van der Waals surface area contributed by atoms with Gasteiger partial charge in [0.1, 0.15) is 0 Å². The van der Waals surface area contributed by atoms with Gasteiger partial charge in [0.15, 0.2) is 0 Å². The molecule has 0 heterocycles. The van der Waals surface area contributed by atoms with Crippen molar-refractivity contribution in [1.29, 1.82) is 0 Å². The molecule has 1 aromatic rings. The molecule has 0 aliphatic rings. The average Bonchev–Trinajstić information content (AvgIpc) is 2.05. The largest absolute Gasteiger partial charge is 0.158 e. The van der Waals surface area contributed by atoms with E-state index in [1.807, 2.05) is 23.9 Å². The van der Waals surface area contributed by atoms with Crippen LogP contribution in [-0.2, 0) is 0 Å². The second-order valence-corrected chi connectivity index (χ2v) is 4.04. The van der Waals surface area contributed by atoms with Crippen LogP contribution < -0.4 is 0 Å². The van der Waals surface area contributed by atoms with Crippen LogP contribution in [0.15, 0.2) is 24.3 Å². The quantitative estimate of drug-likeness (QED) is 0.678. The Morgan fingerprint density at radius 3 is 2.27 bits per heavy atom. The predicted octanol–water partition coefficient (Wildman–Crippen LogP) is 3.76. The molecule has 0 radical (unpaired) electrons. The van der Waals surface area contributed by atoms with E-state index in [0.29, 0.717) is 5.25 Å². The molecule has 0 N–H and O–H groups in total. The molecule has 11 heavy (non-hydrogen) atoms. The van der Waals surface area contributed by atoms with Crippen molar-refractivity contribution in [2.45, 2.75) is 12.2 Å². The van der Waals surface area contributed by atoms with E-state index in [4.69, 9.17) is 11.6 Å². The van der Waals surface area contributed by atoms with Gasteiger partial charge < -0.3 is 0 Å². The first-order valence-corrected chi connectivity index (χ1v) is 5.19. The first kappa shape index (κ1) is 8.95. The Kier molecular flexibility index (Phi) is 3.28. The van der Waals surface area contributed by atoms with Crippen LogP contribution >= 0.6 is 23.4 Å². The smallest absolute Gasteiger partial charge is 0.0406 e. The van der Waals surface area contributed by atoms with Gasteiger partial charge in [-0.05, 0) is 30.9 Å². The molecule has 1 unspecified atom stereocenters. The molecule has 0 nitrogen and oxygen atoms in total. The average molecular weight is 187 g/mol. The van der Waals surface area contributed by atoms with Gasteiger partial charge in [0.2, 0.25) is 0 Å². The molecular weight excluding hydrogens is 176 g/mol. The normalized spacial score (nSPS) is 13.0. The van der Waals surface area contributed by atoms with Crippen molar-refractivity contribution in [3.63, 3.8) is 0 Å². The maximum atomic E-state index is 5.75. The molecule has 1 rings (SSSR count). The van der Waals surface area contributed by atoms with Gasteiger partial charge in [0.05, 0.1) is 0 Å². The Labute approximate surface area is 77.0 Å². The molecule has 60 valence electrons. The number of hydrogen-bond acceptors (Lipinski definition) is 1. The zero-order valence-electron chi connectivity index (χ0n) is 6.67. The molecule has 2 heteroatoms. The Balaban J connectivity index is 2.81. The molecule has 0 spiro atoms. The highest BCUT2D eigenvalue weighted by Gasteiger charge is 2.01. The summed E-state index contributed by atoms with van der Waals surface area (Å²) in [4.78, 5) is 0. The summed E-state index contributed by atoms with van der Waals surface area (Å²) in [5.41, 5.74) is 1.34. The van der Waals surface area contributed by atoms with Crippen LogP contribution in [0.3, 0.4) is 0 Å². The van der Waals surface area contributed by atoms with Crippen LogP contribution in [0.2, 0.25) is 5.02 Å². The first-order chi connectivity index (χ1) is 5.24. The highest BCUT2D eigenvalue weighted by Crippen LogP contribution is 2.26. The SMILES string of the molecule is CSC(C)c1ccc(Cl)cc1. The van der Waals surface area contributed by atoms with Crippen molar-refractivity contribution in [1.82, 2.24) is 0 Å². The molecule has 0 aromatic heterocycles. The second kappa shape index (κ2) is 4.03. The van der Waals surface area contributed by atoms with E-state index in [1.165, 1.54) is 5.56 Å². The van der Waals surface area contributed by atoms with Crippen molar-refractivity contribution >= 4 is 23.4 Å². The third-order valence-corrected chi connectivity index (χ3v) is 2.92. The molecule has 0 aliphatic carbocycles. The van der Waals surface area contributed by atoms with E-state index >= 15 is 0 Å². The molecule has 0 saturated carbocycles. The third kappa shape index (κ3) is 2.42. The minimum absolute atomic E-state index is 0.562. The summed E-state index contributed by atoms with van der Waals surface area (Å²) < 4.78 is 0. The van der Waals surface area contributed by atoms with Gasteiger partial charge >= 0.3 is 0 Å². The van der Waals surface area contributed by atoms with Crippen LogP contribution in [0.5, 0.6) is 0 Å². The molecule has 0 saturated heterocycles. The standard InChI is InChI=1S/C9H11ClS/c1-7(11-2)8-3-5-9(10)6-4-8/h3-7H,1-2H3. The van der Waals surface area contributed by atoms with Crippen LogP contribution in [-0.4, -0.2) is 6.26 Å². The van der Waals surface area contributed by atoms with Crippen LogP contribution in [0.25, 0.3) is 0 Å². The van der Waals surface area contributed by atoms with Crippen molar-refractivity contribution in [2.75, 3.05) is 6.26 Å². The minimum atomic E-state index is 0.562. The molecular formula is C9H11ClS. The molecule has 1 atom stereocenters. The fourth-order valence-corrected chi connectivity index (χ4v) is 1.43. The van der Waals surface area contributed by atoms with Crippen molar-refractivity contribution < 1.29 is 0 Å². The lowest BCUT2D eigenvalue weighted by molar-refractivity contribution is 1.10. The highest BCUT2D eigenvalue weighted by atomic mass is 35.5. The number of benzene rings is 1. The van der Waals surface area contributed by atoms with Gasteiger partial charge in [0, 0.05) is 10.3 Å². The Morgan fingerprint density at radius 2 is 1.82 bits per heavy atom. The zero-order chi connectivity index (χ0) is 8.27. The van der Waals surface area contributed by atoms with Gasteiger partial charge in [-0.1, -0.05) is 23.7 Å². The monoisotopic (exact) mass is 186 g/mol. The van der Waals surface area contributed by atoms with Gasteiger partial charge in [-0.15, -0.1) is 0 Å². The lowest BCUT2D eigenvalue weighted by Gasteiger charge is -2.07. The maximum absolute atomic E-state index is 5.75. The summed E-state index contributed by atoms with van der Waals surface area (Å²) in [7, 11) is 0. The van der Waals surface area contributed by atoms with Gasteiger partial charge in [-0.25, -0.2) is 0 Å². The topological polar surface area (TPSA) is 0 Å². The second-order valence-electron chi connectivity index (χ2n) is 2.43. The number of hydrogen-bond donors (Lipinski definition) is 0. The highest BCUT2D eigenvalue weighted by molar-refractivity contribution is 7.98. The Morgan fingerprint density at radius 1 is 1.27 bits per heavy atom. The fourth-order valence-electron chi connectivity index (χ4n) is 0.870. The summed E-state index contributed by atoms with van der Waals surface area (Å²) in [5.74, 6) is 0. The van der Waals surface area contributed by atoms with Crippen LogP contribution in [0.4, 0.5) is 0 Å². The van der Waals surface area contributed by atoms with E-state index in [1.54, 1.807) is 0 Å². The van der Waals surface area contributed by atoms with E-state index in [2.05, 4.69) is 25.3 Å². The van der Waals surface area contributed by atoms with Gasteiger partial charge in [0.25, 0.3) is 0 Å². The Hall–Kier alpha value is -0.140. The fraction of sp³-hybridized carbons (Fsp3) is 0.333.